The Bertz CT molecular complexity index is 738. The molecule has 1 saturated heterocycles. The number of carbonyl (C=O) groups is 2. The number of rotatable bonds is 3. The van der Waals surface area contributed by atoms with Gasteiger partial charge in [-0.2, -0.15) is 0 Å². The summed E-state index contributed by atoms with van der Waals surface area (Å²) in [7, 11) is 0. The number of ether oxygens (including phenoxy) is 1. The quantitative estimate of drug-likeness (QED) is 0.808. The van der Waals surface area contributed by atoms with Crippen LogP contribution in [0.5, 0.6) is 0 Å². The molecule has 1 aliphatic rings. The van der Waals surface area contributed by atoms with Gasteiger partial charge in [-0.25, -0.2) is 9.69 Å². The summed E-state index contributed by atoms with van der Waals surface area (Å²) in [6, 6.07) is 16.2. The molecule has 0 bridgehead atoms. The summed E-state index contributed by atoms with van der Waals surface area (Å²) in [6.07, 6.45) is 0.871. The second-order valence-electron chi connectivity index (χ2n) is 4.81. The van der Waals surface area contributed by atoms with Crippen molar-refractivity contribution in [2.45, 2.75) is 6.54 Å². The smallest absolute Gasteiger partial charge is 0.404 e. The predicted molar refractivity (Wildman–Crippen MR) is 82.9 cm³/mol. The molecular formula is C17H12ClNO3. The fraction of sp³-hybridized carbons (Fsp3) is 0.0588. The van der Waals surface area contributed by atoms with E-state index in [4.69, 9.17) is 16.3 Å². The molecule has 0 aliphatic carbocycles. The van der Waals surface area contributed by atoms with Crippen molar-refractivity contribution < 1.29 is 14.3 Å². The van der Waals surface area contributed by atoms with Gasteiger partial charge < -0.3 is 4.74 Å². The van der Waals surface area contributed by atoms with Gasteiger partial charge in [0.25, 0.3) is 5.91 Å². The van der Waals surface area contributed by atoms with Crippen molar-refractivity contribution in [2.24, 2.45) is 0 Å². The topological polar surface area (TPSA) is 46.6 Å². The number of imide groups is 1. The Labute approximate surface area is 132 Å². The largest absolute Gasteiger partial charge is 0.422 e. The van der Waals surface area contributed by atoms with Gasteiger partial charge in [0.15, 0.2) is 5.76 Å². The first-order valence-corrected chi connectivity index (χ1v) is 7.06. The number of halogens is 1. The van der Waals surface area contributed by atoms with E-state index in [2.05, 4.69) is 0 Å². The van der Waals surface area contributed by atoms with Crippen molar-refractivity contribution >= 4 is 29.7 Å². The normalized spacial score (nSPS) is 16.2. The van der Waals surface area contributed by atoms with Crippen molar-refractivity contribution in [2.75, 3.05) is 0 Å². The zero-order chi connectivity index (χ0) is 15.5. The van der Waals surface area contributed by atoms with Crippen molar-refractivity contribution in [1.82, 2.24) is 4.90 Å². The third-order valence-corrected chi connectivity index (χ3v) is 3.48. The van der Waals surface area contributed by atoms with E-state index in [-0.39, 0.29) is 12.3 Å². The molecule has 3 rings (SSSR count). The zero-order valence-corrected chi connectivity index (χ0v) is 12.3. The lowest BCUT2D eigenvalue weighted by Gasteiger charge is -2.09. The number of carbonyl (C=O) groups excluding carboxylic acids is 2. The number of hydrogen-bond donors (Lipinski definition) is 0. The molecule has 0 aromatic heterocycles. The maximum Gasteiger partial charge on any atom is 0.422 e. The Morgan fingerprint density at radius 2 is 1.68 bits per heavy atom. The first-order chi connectivity index (χ1) is 10.6. The summed E-state index contributed by atoms with van der Waals surface area (Å²) in [6.45, 7) is 0.191. The molecule has 110 valence electrons. The lowest BCUT2D eigenvalue weighted by atomic mass is 10.2. The minimum atomic E-state index is -0.658. The number of benzene rings is 2. The molecule has 2 aromatic rings. The third-order valence-electron chi connectivity index (χ3n) is 3.22. The minimum absolute atomic E-state index is 0.0169. The van der Waals surface area contributed by atoms with Gasteiger partial charge in [-0.3, -0.25) is 4.79 Å². The monoisotopic (exact) mass is 313 g/mol. The van der Waals surface area contributed by atoms with E-state index in [0.29, 0.717) is 5.02 Å². The van der Waals surface area contributed by atoms with E-state index in [1.165, 1.54) is 6.08 Å². The summed E-state index contributed by atoms with van der Waals surface area (Å²) in [4.78, 5) is 25.2. The predicted octanol–water partition coefficient (Wildman–Crippen LogP) is 3.86. The number of cyclic esters (lactones) is 1. The molecule has 0 unspecified atom stereocenters. The molecule has 0 N–H and O–H groups in total. The molecule has 2 aromatic carbocycles. The van der Waals surface area contributed by atoms with Crippen LogP contribution in [0.15, 0.2) is 60.4 Å². The Hall–Kier alpha value is -2.59. The summed E-state index contributed by atoms with van der Waals surface area (Å²) < 4.78 is 5.06. The van der Waals surface area contributed by atoms with Gasteiger partial charge in [0.2, 0.25) is 0 Å². The highest BCUT2D eigenvalue weighted by Gasteiger charge is 2.36. The molecule has 0 radical (unpaired) electrons. The SMILES string of the molecule is O=C1O/C(=C\c2ccc(Cl)cc2)C(=O)N1Cc1ccccc1. The summed E-state index contributed by atoms with van der Waals surface area (Å²) in [5.74, 6) is -0.424. The lowest BCUT2D eigenvalue weighted by Crippen LogP contribution is -2.28. The fourth-order valence-electron chi connectivity index (χ4n) is 2.11. The van der Waals surface area contributed by atoms with Crippen molar-refractivity contribution in [3.63, 3.8) is 0 Å². The molecule has 2 amide bonds. The number of nitrogens with zero attached hydrogens (tertiary/aromatic N) is 1. The second kappa shape index (κ2) is 6.03. The molecule has 0 atom stereocenters. The van der Waals surface area contributed by atoms with E-state index >= 15 is 0 Å². The molecule has 5 heteroatoms. The molecular weight excluding hydrogens is 302 g/mol. The minimum Gasteiger partial charge on any atom is -0.404 e. The molecule has 1 fully saturated rings. The maximum atomic E-state index is 12.3. The van der Waals surface area contributed by atoms with Crippen LogP contribution in [0.4, 0.5) is 4.79 Å². The van der Waals surface area contributed by atoms with Crippen LogP contribution in [0.25, 0.3) is 6.08 Å². The Kier molecular flexibility index (Phi) is 3.94. The Morgan fingerprint density at radius 3 is 2.36 bits per heavy atom. The Balaban J connectivity index is 1.80. The van der Waals surface area contributed by atoms with Gasteiger partial charge in [0.05, 0.1) is 6.54 Å². The standard InChI is InChI=1S/C17H12ClNO3/c18-14-8-6-12(7-9-14)10-15-16(20)19(17(21)22-15)11-13-4-2-1-3-5-13/h1-10H,11H2/b15-10-. The maximum absolute atomic E-state index is 12.3. The van der Waals surface area contributed by atoms with Crippen LogP contribution in [0.3, 0.4) is 0 Å². The summed E-state index contributed by atoms with van der Waals surface area (Å²) >= 11 is 5.81. The second-order valence-corrected chi connectivity index (χ2v) is 5.24. The van der Waals surface area contributed by atoms with Gasteiger partial charge in [0.1, 0.15) is 0 Å². The molecule has 0 saturated carbocycles. The molecule has 22 heavy (non-hydrogen) atoms. The summed E-state index contributed by atoms with van der Waals surface area (Å²) in [5, 5.41) is 0.600. The van der Waals surface area contributed by atoms with Gasteiger partial charge in [-0.05, 0) is 29.3 Å². The van der Waals surface area contributed by atoms with E-state index < -0.39 is 12.0 Å². The van der Waals surface area contributed by atoms with Crippen molar-refractivity contribution in [3.8, 4) is 0 Å². The molecule has 1 aliphatic heterocycles. The van der Waals surface area contributed by atoms with Crippen LogP contribution in [0.2, 0.25) is 5.02 Å². The van der Waals surface area contributed by atoms with Crippen LogP contribution >= 0.6 is 11.6 Å². The van der Waals surface area contributed by atoms with Gasteiger partial charge in [-0.1, -0.05) is 54.1 Å². The molecule has 4 nitrogen and oxygen atoms in total. The van der Waals surface area contributed by atoms with Crippen LogP contribution in [0.1, 0.15) is 11.1 Å². The van der Waals surface area contributed by atoms with Crippen LogP contribution in [-0.4, -0.2) is 16.9 Å². The highest BCUT2D eigenvalue weighted by Crippen LogP contribution is 2.22. The van der Waals surface area contributed by atoms with Crippen molar-refractivity contribution in [3.05, 3.63) is 76.5 Å². The van der Waals surface area contributed by atoms with E-state index in [1.807, 2.05) is 30.3 Å². The van der Waals surface area contributed by atoms with E-state index in [9.17, 15) is 9.59 Å². The number of amides is 2. The fourth-order valence-corrected chi connectivity index (χ4v) is 2.24. The molecule has 1 heterocycles. The lowest BCUT2D eigenvalue weighted by molar-refractivity contribution is -0.123. The van der Waals surface area contributed by atoms with Gasteiger partial charge in [0, 0.05) is 5.02 Å². The van der Waals surface area contributed by atoms with E-state index in [0.717, 1.165) is 16.0 Å². The summed E-state index contributed by atoms with van der Waals surface area (Å²) in [5.41, 5.74) is 1.60. The highest BCUT2D eigenvalue weighted by atomic mass is 35.5. The van der Waals surface area contributed by atoms with Gasteiger partial charge >= 0.3 is 6.09 Å². The molecule has 0 spiro atoms. The van der Waals surface area contributed by atoms with Gasteiger partial charge in [-0.15, -0.1) is 0 Å². The van der Waals surface area contributed by atoms with Crippen LogP contribution in [0, 0.1) is 0 Å². The average Bonchev–Trinajstić information content (AvgIpc) is 2.78. The number of hydrogen-bond acceptors (Lipinski definition) is 3. The Morgan fingerprint density at radius 1 is 1.00 bits per heavy atom. The first kappa shape index (κ1) is 14.4. The first-order valence-electron chi connectivity index (χ1n) is 6.68. The van der Waals surface area contributed by atoms with Crippen LogP contribution < -0.4 is 0 Å². The average molecular weight is 314 g/mol. The highest BCUT2D eigenvalue weighted by molar-refractivity contribution is 6.30. The third kappa shape index (κ3) is 3.02. The zero-order valence-electron chi connectivity index (χ0n) is 11.5. The van der Waals surface area contributed by atoms with E-state index in [1.54, 1.807) is 24.3 Å². The van der Waals surface area contributed by atoms with Crippen LogP contribution in [-0.2, 0) is 16.1 Å². The van der Waals surface area contributed by atoms with Crippen molar-refractivity contribution in [1.29, 1.82) is 0 Å².